The molecule has 0 bridgehead atoms. The van der Waals surface area contributed by atoms with E-state index in [1.54, 1.807) is 7.11 Å². The summed E-state index contributed by atoms with van der Waals surface area (Å²) in [6, 6.07) is 5.97. The van der Waals surface area contributed by atoms with Gasteiger partial charge in [0.25, 0.3) is 0 Å². The third-order valence-electron chi connectivity index (χ3n) is 3.57. The number of aliphatic carboxylic acids is 1. The number of anilines is 1. The van der Waals surface area contributed by atoms with Crippen LogP contribution in [0, 0.1) is 5.92 Å². The van der Waals surface area contributed by atoms with Crippen molar-refractivity contribution in [3.05, 3.63) is 23.8 Å². The fourth-order valence-electron chi connectivity index (χ4n) is 2.51. The molecule has 1 heterocycles. The molecular weight excluding hydrogens is 244 g/mol. The fourth-order valence-corrected chi connectivity index (χ4v) is 2.51. The van der Waals surface area contributed by atoms with E-state index < -0.39 is 5.97 Å². The van der Waals surface area contributed by atoms with Crippen molar-refractivity contribution >= 4 is 11.7 Å². The molecule has 0 spiro atoms. The smallest absolute Gasteiger partial charge is 0.307 e. The van der Waals surface area contributed by atoms with E-state index in [0.717, 1.165) is 17.0 Å². The first-order valence-electron chi connectivity index (χ1n) is 6.34. The molecule has 1 fully saturated rings. The molecule has 1 aliphatic heterocycles. The molecule has 2 rings (SSSR count). The fraction of sp³-hybridized carbons (Fsp3) is 0.500. The number of carboxylic acids is 1. The topological polar surface area (TPSA) is 61.8 Å². The molecular formula is C14H20N2O3. The molecule has 19 heavy (non-hydrogen) atoms. The first-order chi connectivity index (χ1) is 9.02. The van der Waals surface area contributed by atoms with Crippen molar-refractivity contribution in [3.8, 4) is 5.75 Å². The van der Waals surface area contributed by atoms with E-state index in [0.29, 0.717) is 13.0 Å². The van der Waals surface area contributed by atoms with Crippen LogP contribution in [0.4, 0.5) is 5.69 Å². The molecule has 1 aromatic carbocycles. The summed E-state index contributed by atoms with van der Waals surface area (Å²) in [6.07, 6.45) is 0.614. The molecule has 0 saturated carbocycles. The number of carbonyl (C=O) groups is 1. The summed E-state index contributed by atoms with van der Waals surface area (Å²) in [7, 11) is 5.60. The minimum absolute atomic E-state index is 0.0635. The zero-order valence-electron chi connectivity index (χ0n) is 11.5. The van der Waals surface area contributed by atoms with Crippen molar-refractivity contribution in [1.82, 2.24) is 5.32 Å². The first-order valence-corrected chi connectivity index (χ1v) is 6.34. The summed E-state index contributed by atoms with van der Waals surface area (Å²) < 4.78 is 5.26. The Bertz CT molecular complexity index is 474. The molecule has 0 aromatic heterocycles. The van der Waals surface area contributed by atoms with E-state index in [2.05, 4.69) is 5.32 Å². The Morgan fingerprint density at radius 2 is 2.21 bits per heavy atom. The van der Waals surface area contributed by atoms with Gasteiger partial charge in [0.1, 0.15) is 5.75 Å². The van der Waals surface area contributed by atoms with Gasteiger partial charge in [0.15, 0.2) is 0 Å². The quantitative estimate of drug-likeness (QED) is 0.863. The van der Waals surface area contributed by atoms with Gasteiger partial charge in [0, 0.05) is 32.4 Å². The molecule has 5 heteroatoms. The molecule has 2 N–H and O–H groups in total. The average molecular weight is 264 g/mol. The maximum absolute atomic E-state index is 11.0. The number of hydrogen-bond acceptors (Lipinski definition) is 4. The second kappa shape index (κ2) is 5.48. The molecule has 1 aliphatic rings. The van der Waals surface area contributed by atoms with Crippen LogP contribution in [0.25, 0.3) is 0 Å². The van der Waals surface area contributed by atoms with E-state index in [1.165, 1.54) is 0 Å². The second-order valence-electron chi connectivity index (χ2n) is 5.05. The summed E-state index contributed by atoms with van der Waals surface area (Å²) in [5, 5.41) is 12.4. The van der Waals surface area contributed by atoms with Crippen molar-refractivity contribution in [1.29, 1.82) is 0 Å². The normalized spacial score (nSPS) is 22.3. The minimum atomic E-state index is -0.732. The summed E-state index contributed by atoms with van der Waals surface area (Å²) in [4.78, 5) is 13.1. The number of rotatable bonds is 4. The van der Waals surface area contributed by atoms with Gasteiger partial charge in [-0.1, -0.05) is 0 Å². The van der Waals surface area contributed by atoms with Gasteiger partial charge >= 0.3 is 5.97 Å². The predicted molar refractivity (Wildman–Crippen MR) is 73.8 cm³/mol. The number of carboxylic acid groups (broad SMARTS) is 1. The van der Waals surface area contributed by atoms with Crippen LogP contribution in [0.5, 0.6) is 5.75 Å². The van der Waals surface area contributed by atoms with Crippen LogP contribution >= 0.6 is 0 Å². The van der Waals surface area contributed by atoms with Crippen LogP contribution in [0.3, 0.4) is 0 Å². The lowest BCUT2D eigenvalue weighted by atomic mass is 9.98. The highest BCUT2D eigenvalue weighted by Gasteiger charge is 2.31. The van der Waals surface area contributed by atoms with Crippen molar-refractivity contribution in [2.24, 2.45) is 5.92 Å². The summed E-state index contributed by atoms with van der Waals surface area (Å²) in [5.41, 5.74) is 2.18. The lowest BCUT2D eigenvalue weighted by Gasteiger charge is -2.22. The molecule has 5 nitrogen and oxygen atoms in total. The van der Waals surface area contributed by atoms with Crippen LogP contribution < -0.4 is 15.0 Å². The predicted octanol–water partition coefficient (Wildman–Crippen LogP) is 1.50. The maximum Gasteiger partial charge on any atom is 0.307 e. The van der Waals surface area contributed by atoms with E-state index >= 15 is 0 Å². The van der Waals surface area contributed by atoms with Gasteiger partial charge in [-0.2, -0.15) is 0 Å². The van der Waals surface area contributed by atoms with Gasteiger partial charge in [-0.3, -0.25) is 4.79 Å². The molecule has 2 unspecified atom stereocenters. The Morgan fingerprint density at radius 3 is 2.74 bits per heavy atom. The maximum atomic E-state index is 11.0. The highest BCUT2D eigenvalue weighted by atomic mass is 16.5. The van der Waals surface area contributed by atoms with Crippen molar-refractivity contribution < 1.29 is 14.6 Å². The standard InChI is InChI=1S/C14H20N2O3/c1-16(2)13-5-4-10(19-3)7-11(13)12-6-9(8-15-12)14(17)18/h4-5,7,9,12,15H,6,8H2,1-3H3,(H,17,18). The third kappa shape index (κ3) is 2.81. The van der Waals surface area contributed by atoms with E-state index in [9.17, 15) is 4.79 Å². The van der Waals surface area contributed by atoms with Gasteiger partial charge in [0.05, 0.1) is 13.0 Å². The number of nitrogens with one attached hydrogen (secondary N) is 1. The zero-order chi connectivity index (χ0) is 14.0. The van der Waals surface area contributed by atoms with E-state index in [1.807, 2.05) is 37.2 Å². The second-order valence-corrected chi connectivity index (χ2v) is 5.05. The van der Waals surface area contributed by atoms with Crippen LogP contribution in [0.15, 0.2) is 18.2 Å². The van der Waals surface area contributed by atoms with Crippen LogP contribution in [0.1, 0.15) is 18.0 Å². The van der Waals surface area contributed by atoms with Crippen molar-refractivity contribution in [2.75, 3.05) is 32.6 Å². The van der Waals surface area contributed by atoms with Crippen LogP contribution in [0.2, 0.25) is 0 Å². The van der Waals surface area contributed by atoms with Crippen LogP contribution in [-0.4, -0.2) is 38.8 Å². The molecule has 104 valence electrons. The average Bonchev–Trinajstić information content (AvgIpc) is 2.87. The van der Waals surface area contributed by atoms with Gasteiger partial charge < -0.3 is 20.1 Å². The van der Waals surface area contributed by atoms with E-state index in [-0.39, 0.29) is 12.0 Å². The molecule has 0 radical (unpaired) electrons. The molecule has 1 saturated heterocycles. The lowest BCUT2D eigenvalue weighted by Crippen LogP contribution is -2.19. The van der Waals surface area contributed by atoms with Crippen LogP contribution in [-0.2, 0) is 4.79 Å². The highest BCUT2D eigenvalue weighted by Crippen LogP contribution is 2.35. The third-order valence-corrected chi connectivity index (χ3v) is 3.57. The summed E-state index contributed by atoms with van der Waals surface area (Å²) in [6.45, 7) is 0.518. The number of nitrogens with zero attached hydrogens (tertiary/aromatic N) is 1. The van der Waals surface area contributed by atoms with Gasteiger partial charge in [0.2, 0.25) is 0 Å². The van der Waals surface area contributed by atoms with Gasteiger partial charge in [-0.25, -0.2) is 0 Å². The lowest BCUT2D eigenvalue weighted by molar-refractivity contribution is -0.141. The first kappa shape index (κ1) is 13.7. The number of benzene rings is 1. The summed E-state index contributed by atoms with van der Waals surface area (Å²) in [5.74, 6) is -0.253. The molecule has 2 atom stereocenters. The minimum Gasteiger partial charge on any atom is -0.497 e. The van der Waals surface area contributed by atoms with E-state index in [4.69, 9.17) is 9.84 Å². The molecule has 0 aliphatic carbocycles. The summed E-state index contributed by atoms with van der Waals surface area (Å²) >= 11 is 0. The highest BCUT2D eigenvalue weighted by molar-refractivity contribution is 5.71. The Balaban J connectivity index is 2.30. The largest absolute Gasteiger partial charge is 0.497 e. The van der Waals surface area contributed by atoms with Gasteiger partial charge in [-0.15, -0.1) is 0 Å². The number of ether oxygens (including phenoxy) is 1. The number of hydrogen-bond donors (Lipinski definition) is 2. The molecule has 1 aromatic rings. The zero-order valence-corrected chi connectivity index (χ0v) is 11.5. The number of methoxy groups -OCH3 is 1. The van der Waals surface area contributed by atoms with Gasteiger partial charge in [-0.05, 0) is 30.2 Å². The molecule has 0 amide bonds. The van der Waals surface area contributed by atoms with Crippen molar-refractivity contribution in [2.45, 2.75) is 12.5 Å². The van der Waals surface area contributed by atoms with Crippen molar-refractivity contribution in [3.63, 3.8) is 0 Å². The Kier molecular flexibility index (Phi) is 3.95. The Hall–Kier alpha value is -1.75. The SMILES string of the molecule is COc1ccc(N(C)C)c(C2CC(C(=O)O)CN2)c1. The Labute approximate surface area is 113 Å². The monoisotopic (exact) mass is 264 g/mol. The Morgan fingerprint density at radius 1 is 1.47 bits per heavy atom.